The molecule has 0 bridgehead atoms. The summed E-state index contributed by atoms with van der Waals surface area (Å²) in [5.74, 6) is 0.146. The number of ether oxygens (including phenoxy) is 1. The Morgan fingerprint density at radius 2 is 2.18 bits per heavy atom. The molecule has 0 unspecified atom stereocenters. The number of carbonyl (C=O) groups excluding carboxylic acids is 1. The van der Waals surface area contributed by atoms with Gasteiger partial charge in [0.05, 0.1) is 12.5 Å². The van der Waals surface area contributed by atoms with Gasteiger partial charge >= 0.3 is 0 Å². The van der Waals surface area contributed by atoms with Crippen LogP contribution in [0.2, 0.25) is 0 Å². The number of amides is 1. The van der Waals surface area contributed by atoms with Crippen LogP contribution in [0.15, 0.2) is 41.4 Å². The molecule has 0 saturated carbocycles. The fourth-order valence-corrected chi connectivity index (χ4v) is 3.34. The number of hydrogen-bond donors (Lipinski definition) is 0. The Balaban J connectivity index is 1.67. The lowest BCUT2D eigenvalue weighted by Gasteiger charge is -2.25. The molecule has 0 aromatic carbocycles. The van der Waals surface area contributed by atoms with Gasteiger partial charge in [0, 0.05) is 32.1 Å². The number of carbonyl (C=O) groups is 1. The fourth-order valence-electron chi connectivity index (χ4n) is 2.68. The molecule has 2 aromatic rings. The van der Waals surface area contributed by atoms with Gasteiger partial charge in [0.25, 0.3) is 0 Å². The van der Waals surface area contributed by atoms with Gasteiger partial charge in [0.1, 0.15) is 0 Å². The lowest BCUT2D eigenvalue weighted by atomic mass is 10.1. The summed E-state index contributed by atoms with van der Waals surface area (Å²) in [6.07, 6.45) is 6.19. The number of hydrogen-bond acceptors (Lipinski definition) is 4. The van der Waals surface area contributed by atoms with Crippen molar-refractivity contribution in [3.05, 3.63) is 52.5 Å². The van der Waals surface area contributed by atoms with Gasteiger partial charge in [-0.25, -0.2) is 0 Å². The van der Waals surface area contributed by atoms with Crippen molar-refractivity contribution in [3.8, 4) is 0 Å². The first-order chi connectivity index (χ1) is 10.8. The third kappa shape index (κ3) is 4.15. The minimum absolute atomic E-state index is 0.146. The second kappa shape index (κ2) is 7.51. The summed E-state index contributed by atoms with van der Waals surface area (Å²) in [6.45, 7) is 2.16. The van der Waals surface area contributed by atoms with Crippen LogP contribution in [-0.4, -0.2) is 35.0 Å². The van der Waals surface area contributed by atoms with Crippen LogP contribution in [0.5, 0.6) is 0 Å². The van der Waals surface area contributed by atoms with E-state index in [0.29, 0.717) is 19.5 Å². The molecule has 4 nitrogen and oxygen atoms in total. The first-order valence-corrected chi connectivity index (χ1v) is 8.55. The van der Waals surface area contributed by atoms with Crippen LogP contribution in [0.25, 0.3) is 0 Å². The van der Waals surface area contributed by atoms with Crippen molar-refractivity contribution in [2.24, 2.45) is 0 Å². The highest BCUT2D eigenvalue weighted by Crippen LogP contribution is 2.17. The minimum atomic E-state index is 0.146. The summed E-state index contributed by atoms with van der Waals surface area (Å²) in [7, 11) is 0. The highest BCUT2D eigenvalue weighted by molar-refractivity contribution is 7.07. The van der Waals surface area contributed by atoms with Crippen molar-refractivity contribution >= 4 is 17.2 Å². The number of pyridine rings is 1. The Morgan fingerprint density at radius 1 is 1.32 bits per heavy atom. The zero-order chi connectivity index (χ0) is 15.2. The molecule has 1 aliphatic rings. The fraction of sp³-hybridized carbons (Fsp3) is 0.412. The maximum absolute atomic E-state index is 12.7. The summed E-state index contributed by atoms with van der Waals surface area (Å²) >= 11 is 1.66. The van der Waals surface area contributed by atoms with Crippen LogP contribution in [0.1, 0.15) is 24.0 Å². The van der Waals surface area contributed by atoms with Crippen molar-refractivity contribution in [1.82, 2.24) is 9.88 Å². The lowest BCUT2D eigenvalue weighted by molar-refractivity contribution is -0.132. The van der Waals surface area contributed by atoms with E-state index < -0.39 is 0 Å². The predicted molar refractivity (Wildman–Crippen MR) is 86.7 cm³/mol. The van der Waals surface area contributed by atoms with Crippen molar-refractivity contribution < 1.29 is 9.53 Å². The predicted octanol–water partition coefficient (Wildman–Crippen LogP) is 2.89. The Labute approximate surface area is 134 Å². The smallest absolute Gasteiger partial charge is 0.227 e. The topological polar surface area (TPSA) is 42.4 Å². The van der Waals surface area contributed by atoms with E-state index in [2.05, 4.69) is 16.4 Å². The molecule has 0 N–H and O–H groups in total. The lowest BCUT2D eigenvalue weighted by Crippen LogP contribution is -2.37. The maximum Gasteiger partial charge on any atom is 0.227 e. The van der Waals surface area contributed by atoms with E-state index in [9.17, 15) is 4.79 Å². The van der Waals surface area contributed by atoms with Crippen LogP contribution in [0.4, 0.5) is 0 Å². The second-order valence-corrected chi connectivity index (χ2v) is 6.35. The Kier molecular flexibility index (Phi) is 5.19. The molecule has 2 aromatic heterocycles. The third-order valence-corrected chi connectivity index (χ3v) is 4.59. The maximum atomic E-state index is 12.7. The van der Waals surface area contributed by atoms with Crippen molar-refractivity contribution in [2.75, 3.05) is 13.2 Å². The van der Waals surface area contributed by atoms with Gasteiger partial charge in [-0.1, -0.05) is 0 Å². The van der Waals surface area contributed by atoms with E-state index in [4.69, 9.17) is 4.74 Å². The summed E-state index contributed by atoms with van der Waals surface area (Å²) in [4.78, 5) is 18.6. The monoisotopic (exact) mass is 316 g/mol. The molecule has 3 heterocycles. The van der Waals surface area contributed by atoms with Gasteiger partial charge in [-0.3, -0.25) is 9.78 Å². The average Bonchev–Trinajstić information content (AvgIpc) is 3.21. The van der Waals surface area contributed by atoms with Gasteiger partial charge < -0.3 is 9.64 Å². The molecule has 0 aliphatic carbocycles. The standard InChI is InChI=1S/C17H20N2O2S/c20-17(10-14-3-6-18-7-4-14)19(11-15-5-9-22-13-15)12-16-2-1-8-21-16/h3-7,9,13,16H,1-2,8,10-12H2/t16-/m0/s1. The van der Waals surface area contributed by atoms with E-state index in [1.54, 1.807) is 23.7 Å². The van der Waals surface area contributed by atoms with Crippen LogP contribution in [0, 0.1) is 0 Å². The van der Waals surface area contributed by atoms with Crippen LogP contribution < -0.4 is 0 Å². The molecule has 0 radical (unpaired) electrons. The van der Waals surface area contributed by atoms with Crippen LogP contribution in [0.3, 0.4) is 0 Å². The molecular weight excluding hydrogens is 296 g/mol. The molecule has 1 atom stereocenters. The molecule has 1 fully saturated rings. The zero-order valence-electron chi connectivity index (χ0n) is 12.5. The van der Waals surface area contributed by atoms with Gasteiger partial charge in [0.2, 0.25) is 5.91 Å². The highest BCUT2D eigenvalue weighted by atomic mass is 32.1. The number of rotatable bonds is 6. The Hall–Kier alpha value is -1.72. The van der Waals surface area contributed by atoms with Crippen molar-refractivity contribution in [3.63, 3.8) is 0 Å². The van der Waals surface area contributed by atoms with E-state index in [1.807, 2.05) is 22.4 Å². The first-order valence-electron chi connectivity index (χ1n) is 7.60. The molecule has 3 rings (SSSR count). The SMILES string of the molecule is O=C(Cc1ccncc1)N(Cc1ccsc1)C[C@@H]1CCCO1. The summed E-state index contributed by atoms with van der Waals surface area (Å²) < 4.78 is 5.70. The molecule has 116 valence electrons. The largest absolute Gasteiger partial charge is 0.376 e. The quantitative estimate of drug-likeness (QED) is 0.823. The van der Waals surface area contributed by atoms with Crippen molar-refractivity contribution in [1.29, 1.82) is 0 Å². The molecule has 22 heavy (non-hydrogen) atoms. The Morgan fingerprint density at radius 3 is 2.86 bits per heavy atom. The summed E-state index contributed by atoms with van der Waals surface area (Å²) in [5, 5.41) is 4.15. The molecule has 1 aliphatic heterocycles. The first kappa shape index (κ1) is 15.2. The van der Waals surface area contributed by atoms with E-state index in [1.165, 1.54) is 5.56 Å². The molecule has 0 spiro atoms. The molecule has 1 saturated heterocycles. The number of aromatic nitrogens is 1. The van der Waals surface area contributed by atoms with Gasteiger partial charge in [-0.15, -0.1) is 0 Å². The van der Waals surface area contributed by atoms with E-state index in [-0.39, 0.29) is 12.0 Å². The average molecular weight is 316 g/mol. The zero-order valence-corrected chi connectivity index (χ0v) is 13.3. The summed E-state index contributed by atoms with van der Waals surface area (Å²) in [6, 6.07) is 5.87. The van der Waals surface area contributed by atoms with E-state index >= 15 is 0 Å². The third-order valence-electron chi connectivity index (χ3n) is 3.86. The van der Waals surface area contributed by atoms with Gasteiger partial charge in [-0.2, -0.15) is 11.3 Å². The Bertz CT molecular complexity index is 580. The van der Waals surface area contributed by atoms with Gasteiger partial charge in [-0.05, 0) is 52.9 Å². The number of nitrogens with zero attached hydrogens (tertiary/aromatic N) is 2. The van der Waals surface area contributed by atoms with Crippen molar-refractivity contribution in [2.45, 2.75) is 31.9 Å². The highest BCUT2D eigenvalue weighted by Gasteiger charge is 2.23. The number of thiophene rings is 1. The van der Waals surface area contributed by atoms with Crippen LogP contribution in [-0.2, 0) is 22.5 Å². The van der Waals surface area contributed by atoms with E-state index in [0.717, 1.165) is 25.0 Å². The second-order valence-electron chi connectivity index (χ2n) is 5.57. The molecular formula is C17H20N2O2S. The molecule has 1 amide bonds. The van der Waals surface area contributed by atoms with Gasteiger partial charge in [0.15, 0.2) is 0 Å². The summed E-state index contributed by atoms with van der Waals surface area (Å²) in [5.41, 5.74) is 2.19. The normalized spacial score (nSPS) is 17.5. The minimum Gasteiger partial charge on any atom is -0.376 e. The molecule has 5 heteroatoms. The van der Waals surface area contributed by atoms with Crippen LogP contribution >= 0.6 is 11.3 Å².